The highest BCUT2D eigenvalue weighted by Gasteiger charge is 2.16. The number of hydrogen-bond donors (Lipinski definition) is 0. The second-order valence-corrected chi connectivity index (χ2v) is 8.12. The molecule has 0 saturated heterocycles. The van der Waals surface area contributed by atoms with E-state index in [1.54, 1.807) is 30.3 Å². The highest BCUT2D eigenvalue weighted by atomic mass is 35.5. The molecule has 0 saturated carbocycles. The van der Waals surface area contributed by atoms with E-state index in [1.165, 1.54) is 11.3 Å². The molecule has 3 aromatic rings. The summed E-state index contributed by atoms with van der Waals surface area (Å²) in [6, 6.07) is 12.3. The van der Waals surface area contributed by atoms with Gasteiger partial charge in [-0.05, 0) is 49.7 Å². The minimum atomic E-state index is -0.293. The predicted molar refractivity (Wildman–Crippen MR) is 114 cm³/mol. The number of aryl methyl sites for hydroxylation is 1. The molecule has 0 N–H and O–H groups in total. The Bertz CT molecular complexity index is 1050. The molecule has 27 heavy (non-hydrogen) atoms. The van der Waals surface area contributed by atoms with Crippen LogP contribution in [0.25, 0.3) is 11.3 Å². The lowest BCUT2D eigenvalue weighted by atomic mass is 10.1. The van der Waals surface area contributed by atoms with Crippen molar-refractivity contribution in [3.8, 4) is 11.3 Å². The average molecular weight is 440 g/mol. The molecule has 0 spiro atoms. The molecule has 0 atom stereocenters. The number of hydrogen-bond acceptors (Lipinski definition) is 2. The van der Waals surface area contributed by atoms with Crippen molar-refractivity contribution in [2.45, 2.75) is 26.8 Å². The molecule has 0 aliphatic carbocycles. The number of rotatable bonds is 4. The average Bonchev–Trinajstić information content (AvgIpc) is 3.01. The second-order valence-electron chi connectivity index (χ2n) is 5.81. The standard InChI is InChI=1S/C20H17Cl3N2OS/c1-3-17-18(13-7-10-15(22)16(23)11-13)25(4-2)20(27-17)24-19(26)12-5-8-14(21)9-6-12/h5-11H,3-4H2,1-2H3. The van der Waals surface area contributed by atoms with Gasteiger partial charge in [0.05, 0.1) is 15.7 Å². The topological polar surface area (TPSA) is 34.4 Å². The number of carbonyl (C=O) groups excluding carboxylic acids is 1. The van der Waals surface area contributed by atoms with E-state index in [2.05, 4.69) is 11.9 Å². The van der Waals surface area contributed by atoms with Crippen molar-refractivity contribution in [2.75, 3.05) is 0 Å². The van der Waals surface area contributed by atoms with Gasteiger partial charge in [-0.25, -0.2) is 0 Å². The summed E-state index contributed by atoms with van der Waals surface area (Å²) in [6.07, 6.45) is 0.824. The molecule has 3 nitrogen and oxygen atoms in total. The van der Waals surface area contributed by atoms with Gasteiger partial charge in [0.15, 0.2) is 4.80 Å². The van der Waals surface area contributed by atoms with Gasteiger partial charge < -0.3 is 4.57 Å². The van der Waals surface area contributed by atoms with Gasteiger partial charge in [0.1, 0.15) is 0 Å². The fourth-order valence-corrected chi connectivity index (χ4v) is 4.35. The maximum Gasteiger partial charge on any atom is 0.279 e. The largest absolute Gasteiger partial charge is 0.316 e. The molecular formula is C20H17Cl3N2OS. The maximum atomic E-state index is 12.6. The molecule has 7 heteroatoms. The Morgan fingerprint density at radius 2 is 1.74 bits per heavy atom. The number of benzene rings is 2. The van der Waals surface area contributed by atoms with Crippen molar-refractivity contribution in [1.82, 2.24) is 4.57 Å². The Morgan fingerprint density at radius 1 is 1.04 bits per heavy atom. The number of aromatic nitrogens is 1. The zero-order valence-electron chi connectivity index (χ0n) is 14.8. The zero-order chi connectivity index (χ0) is 19.6. The number of nitrogens with zero attached hydrogens (tertiary/aromatic N) is 2. The summed E-state index contributed by atoms with van der Waals surface area (Å²) in [7, 11) is 0. The molecular weight excluding hydrogens is 423 g/mol. The first-order chi connectivity index (χ1) is 12.9. The third-order valence-corrected chi connectivity index (χ3v) is 6.31. The molecule has 0 aliphatic heterocycles. The van der Waals surface area contributed by atoms with Crippen molar-refractivity contribution >= 4 is 52.0 Å². The van der Waals surface area contributed by atoms with Gasteiger partial charge in [-0.1, -0.05) is 47.8 Å². The van der Waals surface area contributed by atoms with E-state index in [4.69, 9.17) is 34.8 Å². The Hall–Kier alpha value is -1.59. The molecule has 0 radical (unpaired) electrons. The van der Waals surface area contributed by atoms with Crippen LogP contribution in [0.3, 0.4) is 0 Å². The van der Waals surface area contributed by atoms with E-state index in [0.717, 1.165) is 22.6 Å². The minimum absolute atomic E-state index is 0.293. The lowest BCUT2D eigenvalue weighted by Gasteiger charge is -2.09. The first kappa shape index (κ1) is 20.2. The van der Waals surface area contributed by atoms with Crippen LogP contribution >= 0.6 is 46.1 Å². The number of halogens is 3. The van der Waals surface area contributed by atoms with Gasteiger partial charge in [-0.15, -0.1) is 11.3 Å². The monoisotopic (exact) mass is 438 g/mol. The summed E-state index contributed by atoms with van der Waals surface area (Å²) in [4.78, 5) is 18.7. The van der Waals surface area contributed by atoms with Crippen LogP contribution in [0.4, 0.5) is 0 Å². The maximum absolute atomic E-state index is 12.6. The van der Waals surface area contributed by atoms with Crippen molar-refractivity contribution in [3.05, 3.63) is 72.8 Å². The molecule has 0 bridgehead atoms. The van der Waals surface area contributed by atoms with Gasteiger partial charge in [-0.3, -0.25) is 4.79 Å². The summed E-state index contributed by atoms with van der Waals surface area (Å²) in [5.41, 5.74) is 2.48. The molecule has 1 heterocycles. The zero-order valence-corrected chi connectivity index (χ0v) is 17.9. The number of amides is 1. The molecule has 0 fully saturated rings. The Balaban J connectivity index is 2.14. The molecule has 1 aromatic heterocycles. The summed E-state index contributed by atoms with van der Waals surface area (Å²) in [5, 5.41) is 1.60. The van der Waals surface area contributed by atoms with Gasteiger partial charge in [0.2, 0.25) is 0 Å². The van der Waals surface area contributed by atoms with E-state index >= 15 is 0 Å². The SMILES string of the molecule is CCc1sc(=NC(=O)c2ccc(Cl)cc2)n(CC)c1-c1ccc(Cl)c(Cl)c1. The summed E-state index contributed by atoms with van der Waals surface area (Å²) < 4.78 is 2.04. The molecule has 140 valence electrons. The van der Waals surface area contributed by atoms with Crippen molar-refractivity contribution in [3.63, 3.8) is 0 Å². The van der Waals surface area contributed by atoms with Crippen LogP contribution in [0.15, 0.2) is 47.5 Å². The smallest absolute Gasteiger partial charge is 0.279 e. The first-order valence-electron chi connectivity index (χ1n) is 8.47. The third-order valence-electron chi connectivity index (χ3n) is 4.10. The van der Waals surface area contributed by atoms with Gasteiger partial charge in [0, 0.05) is 27.6 Å². The molecule has 2 aromatic carbocycles. The van der Waals surface area contributed by atoms with E-state index in [-0.39, 0.29) is 5.91 Å². The molecule has 1 amide bonds. The van der Waals surface area contributed by atoms with Crippen molar-refractivity contribution < 1.29 is 4.79 Å². The highest BCUT2D eigenvalue weighted by molar-refractivity contribution is 7.09. The minimum Gasteiger partial charge on any atom is -0.316 e. The Kier molecular flexibility index (Phi) is 6.43. The molecule has 3 rings (SSSR count). The predicted octanol–water partition coefficient (Wildman–Crippen LogP) is 6.50. The Morgan fingerprint density at radius 3 is 2.33 bits per heavy atom. The van der Waals surface area contributed by atoms with Gasteiger partial charge in [0.25, 0.3) is 5.91 Å². The highest BCUT2D eigenvalue weighted by Crippen LogP contribution is 2.32. The number of thiazole rings is 1. The fraction of sp³-hybridized carbons (Fsp3) is 0.200. The van der Waals surface area contributed by atoms with Crippen molar-refractivity contribution in [2.24, 2.45) is 4.99 Å². The van der Waals surface area contributed by atoms with E-state index in [9.17, 15) is 4.79 Å². The lowest BCUT2D eigenvalue weighted by molar-refractivity contribution is 0.0998. The second kappa shape index (κ2) is 8.61. The number of carbonyl (C=O) groups is 1. The van der Waals surface area contributed by atoms with Crippen LogP contribution < -0.4 is 4.80 Å². The van der Waals surface area contributed by atoms with Crippen LogP contribution in [0.2, 0.25) is 15.1 Å². The van der Waals surface area contributed by atoms with Gasteiger partial charge in [-0.2, -0.15) is 4.99 Å². The van der Waals surface area contributed by atoms with Crippen LogP contribution in [-0.4, -0.2) is 10.5 Å². The van der Waals surface area contributed by atoms with E-state index in [0.29, 0.717) is 32.0 Å². The fourth-order valence-electron chi connectivity index (χ4n) is 2.78. The van der Waals surface area contributed by atoms with Crippen LogP contribution in [0.1, 0.15) is 29.1 Å². The summed E-state index contributed by atoms with van der Waals surface area (Å²) >= 11 is 19.7. The van der Waals surface area contributed by atoms with E-state index in [1.807, 2.05) is 23.6 Å². The van der Waals surface area contributed by atoms with Crippen LogP contribution in [0.5, 0.6) is 0 Å². The third kappa shape index (κ3) is 4.30. The first-order valence-corrected chi connectivity index (χ1v) is 10.4. The van der Waals surface area contributed by atoms with Crippen molar-refractivity contribution in [1.29, 1.82) is 0 Å². The normalized spacial score (nSPS) is 11.8. The van der Waals surface area contributed by atoms with Crippen LogP contribution in [0, 0.1) is 0 Å². The summed E-state index contributed by atoms with van der Waals surface area (Å²) in [5.74, 6) is -0.293. The molecule has 0 aliphatic rings. The van der Waals surface area contributed by atoms with Gasteiger partial charge >= 0.3 is 0 Å². The van der Waals surface area contributed by atoms with E-state index < -0.39 is 0 Å². The summed E-state index contributed by atoms with van der Waals surface area (Å²) in [6.45, 7) is 4.79. The van der Waals surface area contributed by atoms with Crippen LogP contribution in [-0.2, 0) is 13.0 Å². The lowest BCUT2D eigenvalue weighted by Crippen LogP contribution is -2.17. The Labute approximate surface area is 176 Å². The quantitative estimate of drug-likeness (QED) is 0.457. The molecule has 0 unspecified atom stereocenters.